The minimum Gasteiger partial charge on any atom is -0.300 e. The maximum Gasteiger partial charge on any atom is 0.332 e. The Morgan fingerprint density at radius 3 is 2.79 bits per heavy atom. The third-order valence-corrected chi connectivity index (χ3v) is 3.10. The molecule has 0 amide bonds. The molecule has 0 aromatic carbocycles. The Balaban J connectivity index is 2.32. The van der Waals surface area contributed by atoms with E-state index in [-0.39, 0.29) is 17.0 Å². The van der Waals surface area contributed by atoms with E-state index in [1.54, 1.807) is 6.92 Å². The predicted octanol–water partition coefficient (Wildman–Crippen LogP) is 0.183. The molecule has 2 heterocycles. The molecule has 2 rings (SSSR count). The smallest absolute Gasteiger partial charge is 0.300 e. The van der Waals surface area contributed by atoms with Gasteiger partial charge in [0.05, 0.1) is 6.20 Å². The molecular formula is C12H16N4O3. The van der Waals surface area contributed by atoms with Gasteiger partial charge in [-0.15, -0.1) is 0 Å². The number of nitrogens with one attached hydrogen (secondary N) is 1. The van der Waals surface area contributed by atoms with Crippen LogP contribution in [0.2, 0.25) is 0 Å². The van der Waals surface area contributed by atoms with Crippen LogP contribution in [-0.2, 0) is 18.4 Å². The Bertz CT molecular complexity index is 723. The summed E-state index contributed by atoms with van der Waals surface area (Å²) in [7, 11) is 1.45. The molecule has 0 aliphatic carbocycles. The lowest BCUT2D eigenvalue weighted by Crippen LogP contribution is -2.38. The van der Waals surface area contributed by atoms with Crippen LogP contribution in [-0.4, -0.2) is 25.1 Å². The molecule has 0 spiro atoms. The van der Waals surface area contributed by atoms with Gasteiger partial charge in [-0.25, -0.2) is 4.79 Å². The van der Waals surface area contributed by atoms with Crippen molar-refractivity contribution >= 4 is 16.8 Å². The Kier molecular flexibility index (Phi) is 3.64. The van der Waals surface area contributed by atoms with Gasteiger partial charge in [-0.05, 0) is 19.8 Å². The van der Waals surface area contributed by atoms with E-state index in [1.165, 1.54) is 17.8 Å². The molecule has 0 fully saturated rings. The highest BCUT2D eigenvalue weighted by molar-refractivity contribution is 5.75. The molecule has 2 aromatic rings. The summed E-state index contributed by atoms with van der Waals surface area (Å²) >= 11 is 0. The summed E-state index contributed by atoms with van der Waals surface area (Å²) in [5.74, 6) is 0.138. The van der Waals surface area contributed by atoms with Crippen molar-refractivity contribution < 1.29 is 4.79 Å². The number of aryl methyl sites for hydroxylation is 1. The van der Waals surface area contributed by atoms with E-state index >= 15 is 0 Å². The first-order valence-corrected chi connectivity index (χ1v) is 6.14. The lowest BCUT2D eigenvalue weighted by molar-refractivity contribution is -0.117. The maximum atomic E-state index is 12.0. The molecular weight excluding hydrogens is 248 g/mol. The van der Waals surface area contributed by atoms with Crippen LogP contribution in [0.25, 0.3) is 11.0 Å². The lowest BCUT2D eigenvalue weighted by atomic mass is 10.2. The summed E-state index contributed by atoms with van der Waals surface area (Å²) < 4.78 is 2.56. The molecule has 0 unspecified atom stereocenters. The summed E-state index contributed by atoms with van der Waals surface area (Å²) in [4.78, 5) is 34.7. The third kappa shape index (κ3) is 2.49. The van der Waals surface area contributed by atoms with Crippen LogP contribution in [0, 0.1) is 0 Å². The topological polar surface area (TPSA) is 89.8 Å². The van der Waals surface area contributed by atoms with Gasteiger partial charge in [-0.2, -0.15) is 5.10 Å². The molecule has 0 aliphatic heterocycles. The second kappa shape index (κ2) is 5.21. The zero-order valence-electron chi connectivity index (χ0n) is 11.0. The minimum absolute atomic E-state index is 0.138. The highest BCUT2D eigenvalue weighted by atomic mass is 16.2. The number of fused-ring (bicyclic) bond motifs is 1. The van der Waals surface area contributed by atoms with Gasteiger partial charge in [0.25, 0.3) is 5.56 Å². The molecule has 7 heteroatoms. The number of rotatable bonds is 5. The van der Waals surface area contributed by atoms with Crippen molar-refractivity contribution in [1.82, 2.24) is 19.3 Å². The summed E-state index contributed by atoms with van der Waals surface area (Å²) in [5.41, 5.74) is -0.283. The van der Waals surface area contributed by atoms with Crippen molar-refractivity contribution in [2.75, 3.05) is 0 Å². The molecule has 0 bridgehead atoms. The predicted molar refractivity (Wildman–Crippen MR) is 70.1 cm³/mol. The van der Waals surface area contributed by atoms with Crippen LogP contribution < -0.4 is 11.2 Å². The standard InChI is InChI=1S/C12H16N4O3/c1-8(17)5-3-4-6-16-10-9(7-13-14-10)11(18)15(2)12(16)19/h7H,3-6H2,1-2H3,(H,13,14). The number of unbranched alkanes of at least 4 members (excludes halogenated alkanes) is 1. The Morgan fingerprint density at radius 1 is 1.37 bits per heavy atom. The fourth-order valence-corrected chi connectivity index (χ4v) is 2.04. The second-order valence-corrected chi connectivity index (χ2v) is 4.59. The first-order chi connectivity index (χ1) is 9.02. The highest BCUT2D eigenvalue weighted by Crippen LogP contribution is 2.05. The van der Waals surface area contributed by atoms with Crippen molar-refractivity contribution in [3.63, 3.8) is 0 Å². The second-order valence-electron chi connectivity index (χ2n) is 4.59. The van der Waals surface area contributed by atoms with Crippen LogP contribution in [0.4, 0.5) is 0 Å². The number of Topliss-reactive ketones (excluding diaryl/α,β-unsaturated/α-hetero) is 1. The number of hydrogen-bond acceptors (Lipinski definition) is 4. The summed E-state index contributed by atoms with van der Waals surface area (Å²) in [6.07, 6.45) is 3.35. The number of H-pyrrole nitrogens is 1. The Labute approximate surface area is 108 Å². The SMILES string of the molecule is CC(=O)CCCCn1c(=O)n(C)c(=O)c2cn[nH]c21. The maximum absolute atomic E-state index is 12.0. The monoisotopic (exact) mass is 264 g/mol. The number of aromatic amines is 1. The van der Waals surface area contributed by atoms with Crippen LogP contribution in [0.1, 0.15) is 26.2 Å². The van der Waals surface area contributed by atoms with E-state index in [1.807, 2.05) is 0 Å². The van der Waals surface area contributed by atoms with Crippen LogP contribution in [0.15, 0.2) is 15.8 Å². The fourth-order valence-electron chi connectivity index (χ4n) is 2.04. The molecule has 2 aromatic heterocycles. The molecule has 0 saturated heterocycles. The van der Waals surface area contributed by atoms with Crippen molar-refractivity contribution in [2.45, 2.75) is 32.7 Å². The van der Waals surface area contributed by atoms with Gasteiger partial charge in [-0.3, -0.25) is 19.0 Å². The molecule has 0 saturated carbocycles. The van der Waals surface area contributed by atoms with Gasteiger partial charge >= 0.3 is 5.69 Å². The first-order valence-electron chi connectivity index (χ1n) is 6.14. The van der Waals surface area contributed by atoms with Gasteiger partial charge in [0, 0.05) is 20.0 Å². The first kappa shape index (κ1) is 13.3. The minimum atomic E-state index is -0.371. The lowest BCUT2D eigenvalue weighted by Gasteiger charge is -2.08. The summed E-state index contributed by atoms with van der Waals surface area (Å²) in [5, 5.41) is 6.89. The number of hydrogen-bond donors (Lipinski definition) is 1. The summed E-state index contributed by atoms with van der Waals surface area (Å²) in [6.45, 7) is 2.00. The van der Waals surface area contributed by atoms with Crippen LogP contribution in [0.3, 0.4) is 0 Å². The van der Waals surface area contributed by atoms with Crippen molar-refractivity contribution in [2.24, 2.45) is 7.05 Å². The van der Waals surface area contributed by atoms with Gasteiger partial charge < -0.3 is 4.79 Å². The fraction of sp³-hybridized carbons (Fsp3) is 0.500. The van der Waals surface area contributed by atoms with E-state index in [2.05, 4.69) is 10.2 Å². The van der Waals surface area contributed by atoms with Gasteiger partial charge in [-0.1, -0.05) is 0 Å². The molecule has 1 N–H and O–H groups in total. The summed E-state index contributed by atoms with van der Waals surface area (Å²) in [6, 6.07) is 0. The van der Waals surface area contributed by atoms with Crippen molar-refractivity contribution in [1.29, 1.82) is 0 Å². The third-order valence-electron chi connectivity index (χ3n) is 3.10. The zero-order valence-corrected chi connectivity index (χ0v) is 11.0. The Morgan fingerprint density at radius 2 is 2.11 bits per heavy atom. The highest BCUT2D eigenvalue weighted by Gasteiger charge is 2.11. The van der Waals surface area contributed by atoms with Gasteiger partial charge in [0.2, 0.25) is 0 Å². The van der Waals surface area contributed by atoms with Crippen molar-refractivity contribution in [3.8, 4) is 0 Å². The zero-order chi connectivity index (χ0) is 14.0. The largest absolute Gasteiger partial charge is 0.332 e. The molecule has 0 aliphatic rings. The Hall–Kier alpha value is -2.18. The van der Waals surface area contributed by atoms with Crippen LogP contribution in [0.5, 0.6) is 0 Å². The number of ketones is 1. The number of nitrogens with zero attached hydrogens (tertiary/aromatic N) is 3. The van der Waals surface area contributed by atoms with E-state index in [0.717, 1.165) is 11.0 Å². The molecule has 0 radical (unpaired) electrons. The number of carbonyl (C=O) groups is 1. The number of carbonyl (C=O) groups excluding carboxylic acids is 1. The van der Waals surface area contributed by atoms with E-state index in [9.17, 15) is 14.4 Å². The van der Waals surface area contributed by atoms with E-state index in [0.29, 0.717) is 30.4 Å². The normalized spacial score (nSPS) is 11.1. The average molecular weight is 264 g/mol. The molecule has 19 heavy (non-hydrogen) atoms. The average Bonchev–Trinajstić information content (AvgIpc) is 2.84. The van der Waals surface area contributed by atoms with Crippen molar-refractivity contribution in [3.05, 3.63) is 27.0 Å². The molecule has 0 atom stereocenters. The number of aromatic nitrogens is 4. The van der Waals surface area contributed by atoms with Gasteiger partial charge in [0.1, 0.15) is 16.8 Å². The molecule has 7 nitrogen and oxygen atoms in total. The van der Waals surface area contributed by atoms with E-state index < -0.39 is 0 Å². The van der Waals surface area contributed by atoms with Gasteiger partial charge in [0.15, 0.2) is 0 Å². The quantitative estimate of drug-likeness (QED) is 0.780. The van der Waals surface area contributed by atoms with Crippen LogP contribution >= 0.6 is 0 Å². The van der Waals surface area contributed by atoms with E-state index in [4.69, 9.17) is 0 Å². The molecule has 102 valence electrons.